The lowest BCUT2D eigenvalue weighted by Crippen LogP contribution is -2.58. The number of Topliss-reactive ketones (excluding diaryl/α,β-unsaturated/α-hetero) is 1. The second-order valence-corrected chi connectivity index (χ2v) is 17.3. The van der Waals surface area contributed by atoms with Crippen molar-refractivity contribution in [2.24, 2.45) is 23.7 Å². The van der Waals surface area contributed by atoms with E-state index in [0.717, 1.165) is 22.3 Å². The summed E-state index contributed by atoms with van der Waals surface area (Å²) in [5.41, 5.74) is 4.36. The lowest BCUT2D eigenvalue weighted by atomic mass is 9.44. The summed E-state index contributed by atoms with van der Waals surface area (Å²) in [5.74, 6) is -3.34. The van der Waals surface area contributed by atoms with Crippen molar-refractivity contribution in [1.82, 2.24) is 0 Å². The Balaban J connectivity index is 1.05. The minimum Gasteiger partial charge on any atom is -0.508 e. The van der Waals surface area contributed by atoms with E-state index >= 15 is 14.4 Å². The molecule has 3 aliphatic carbocycles. The Kier molecular flexibility index (Phi) is 11.1. The van der Waals surface area contributed by atoms with Gasteiger partial charge in [0.15, 0.2) is 11.6 Å². The molecular weight excluding hydrogens is 827 g/mol. The standard InChI is InChI=1S/C57H47NO8/c1-64-41-25-29-50(65-2)38(30-41)21-18-35-19-22-40(23-20-35)58-55(62)45-28-27-43-47(52(45)56(58)63)32-48-54(61)46(37-14-8-4-9-15-37)33-51(60)57(48,39-16-10-5-11-17-39)53(43)44-26-24-42(31-49(44)59)66-34-36-12-6-3-7-13-36/h3-27,29-31,33,45,47-48,52-53,59H,28,32,34H2,1-2H3. The highest BCUT2D eigenvalue weighted by atomic mass is 16.5. The van der Waals surface area contributed by atoms with Crippen LogP contribution in [0, 0.1) is 23.7 Å². The Morgan fingerprint density at radius 3 is 2.11 bits per heavy atom. The Bertz CT molecular complexity index is 2960. The molecule has 1 saturated heterocycles. The van der Waals surface area contributed by atoms with E-state index in [0.29, 0.717) is 45.2 Å². The molecule has 0 aromatic heterocycles. The fourth-order valence-corrected chi connectivity index (χ4v) is 11.0. The second-order valence-electron chi connectivity index (χ2n) is 17.3. The smallest absolute Gasteiger partial charge is 0.238 e. The van der Waals surface area contributed by atoms with Crippen LogP contribution in [0.5, 0.6) is 23.0 Å². The number of imide groups is 1. The van der Waals surface area contributed by atoms with Gasteiger partial charge in [-0.3, -0.25) is 24.1 Å². The number of ketones is 2. The Hall–Kier alpha value is -7.78. The third-order valence-electron chi connectivity index (χ3n) is 14.0. The average Bonchev–Trinajstić information content (AvgIpc) is 3.62. The van der Waals surface area contributed by atoms with Crippen molar-refractivity contribution in [2.75, 3.05) is 19.1 Å². The third-order valence-corrected chi connectivity index (χ3v) is 14.0. The number of carbonyl (C=O) groups excluding carboxylic acids is 4. The molecule has 1 saturated carbocycles. The zero-order valence-corrected chi connectivity index (χ0v) is 36.5. The highest BCUT2D eigenvalue weighted by molar-refractivity contribution is 6.32. The van der Waals surface area contributed by atoms with Gasteiger partial charge in [0, 0.05) is 34.6 Å². The molecule has 6 aromatic carbocycles. The van der Waals surface area contributed by atoms with Crippen LogP contribution in [0.15, 0.2) is 169 Å². The first-order valence-electron chi connectivity index (χ1n) is 22.2. The summed E-state index contributed by atoms with van der Waals surface area (Å²) in [4.78, 5) is 61.7. The van der Waals surface area contributed by atoms with Gasteiger partial charge in [-0.25, -0.2) is 0 Å². The molecule has 1 heterocycles. The molecule has 0 bridgehead atoms. The predicted molar refractivity (Wildman–Crippen MR) is 253 cm³/mol. The molecule has 2 fully saturated rings. The molecule has 66 heavy (non-hydrogen) atoms. The van der Waals surface area contributed by atoms with Crippen LogP contribution in [0.2, 0.25) is 0 Å². The van der Waals surface area contributed by atoms with Gasteiger partial charge in [-0.2, -0.15) is 0 Å². The summed E-state index contributed by atoms with van der Waals surface area (Å²) in [7, 11) is 3.22. The second kappa shape index (κ2) is 17.3. The maximum absolute atomic E-state index is 15.5. The number of allylic oxidation sites excluding steroid dienone is 4. The summed E-state index contributed by atoms with van der Waals surface area (Å²) < 4.78 is 17.1. The number of aromatic hydroxyl groups is 1. The van der Waals surface area contributed by atoms with Gasteiger partial charge in [-0.05, 0) is 83.5 Å². The molecular formula is C57H47NO8. The van der Waals surface area contributed by atoms with E-state index in [1.165, 1.54) is 11.0 Å². The number of amides is 2. The fraction of sp³-hybridized carbons (Fsp3) is 0.193. The minimum atomic E-state index is -1.49. The van der Waals surface area contributed by atoms with E-state index in [1.807, 2.05) is 140 Å². The molecule has 1 N–H and O–H groups in total. The van der Waals surface area contributed by atoms with Gasteiger partial charge in [-0.1, -0.05) is 133 Å². The molecule has 4 aliphatic rings. The molecule has 6 atom stereocenters. The van der Waals surface area contributed by atoms with Gasteiger partial charge in [0.2, 0.25) is 11.8 Å². The van der Waals surface area contributed by atoms with Crippen LogP contribution in [-0.2, 0) is 31.2 Å². The number of phenolic OH excluding ortho intramolecular Hbond substituents is 1. The van der Waals surface area contributed by atoms with E-state index in [2.05, 4.69) is 0 Å². The van der Waals surface area contributed by atoms with Crippen LogP contribution >= 0.6 is 0 Å². The quantitative estimate of drug-likeness (QED) is 0.0777. The van der Waals surface area contributed by atoms with Crippen molar-refractivity contribution >= 4 is 46.8 Å². The van der Waals surface area contributed by atoms with Crippen molar-refractivity contribution < 1.29 is 38.5 Å². The molecule has 0 spiro atoms. The number of ether oxygens (including phenoxy) is 3. The van der Waals surface area contributed by atoms with Crippen LogP contribution in [0.1, 0.15) is 52.1 Å². The summed E-state index contributed by atoms with van der Waals surface area (Å²) >= 11 is 0. The Morgan fingerprint density at radius 2 is 1.41 bits per heavy atom. The van der Waals surface area contributed by atoms with Crippen LogP contribution in [0.25, 0.3) is 17.7 Å². The summed E-state index contributed by atoms with van der Waals surface area (Å²) in [6.07, 6.45) is 7.71. The van der Waals surface area contributed by atoms with E-state index in [4.69, 9.17) is 14.2 Å². The summed E-state index contributed by atoms with van der Waals surface area (Å²) in [6, 6.07) is 46.1. The van der Waals surface area contributed by atoms with E-state index in [9.17, 15) is 9.90 Å². The molecule has 10 rings (SSSR count). The zero-order valence-electron chi connectivity index (χ0n) is 36.5. The van der Waals surface area contributed by atoms with Crippen molar-refractivity contribution in [3.8, 4) is 23.0 Å². The first-order chi connectivity index (χ1) is 32.2. The summed E-state index contributed by atoms with van der Waals surface area (Å²) in [6.45, 7) is 0.278. The lowest BCUT2D eigenvalue weighted by Gasteiger charge is -2.55. The van der Waals surface area contributed by atoms with E-state index < -0.39 is 35.0 Å². The number of phenols is 1. The normalized spacial score (nSPS) is 23.4. The molecule has 6 unspecified atom stereocenters. The zero-order chi connectivity index (χ0) is 45.5. The predicted octanol–water partition coefficient (Wildman–Crippen LogP) is 10.2. The number of nitrogens with zero attached hydrogens (tertiary/aromatic N) is 1. The number of methoxy groups -OCH3 is 2. The van der Waals surface area contributed by atoms with Crippen LogP contribution in [0.3, 0.4) is 0 Å². The van der Waals surface area contributed by atoms with E-state index in [1.54, 1.807) is 44.6 Å². The maximum Gasteiger partial charge on any atom is 0.238 e. The van der Waals surface area contributed by atoms with Crippen LogP contribution in [0.4, 0.5) is 5.69 Å². The Morgan fingerprint density at radius 1 is 0.712 bits per heavy atom. The molecule has 2 amide bonds. The maximum atomic E-state index is 15.5. The summed E-state index contributed by atoms with van der Waals surface area (Å²) in [5, 5.41) is 12.1. The Labute approximate surface area is 383 Å². The number of carbonyl (C=O) groups is 4. The molecule has 6 aromatic rings. The number of benzene rings is 6. The minimum absolute atomic E-state index is 0.101. The van der Waals surface area contributed by atoms with E-state index in [-0.39, 0.29) is 48.6 Å². The molecule has 0 radical (unpaired) electrons. The number of rotatable bonds is 11. The third kappa shape index (κ3) is 7.12. The van der Waals surface area contributed by atoms with Crippen LogP contribution in [-0.4, -0.2) is 42.7 Å². The highest BCUT2D eigenvalue weighted by Crippen LogP contribution is 2.64. The first kappa shape index (κ1) is 42.2. The van der Waals surface area contributed by atoms with Crippen molar-refractivity contribution in [3.05, 3.63) is 203 Å². The largest absolute Gasteiger partial charge is 0.508 e. The lowest BCUT2D eigenvalue weighted by molar-refractivity contribution is -0.135. The molecule has 9 heteroatoms. The van der Waals surface area contributed by atoms with Gasteiger partial charge in [-0.15, -0.1) is 0 Å². The molecule has 1 aliphatic heterocycles. The van der Waals surface area contributed by atoms with Crippen molar-refractivity contribution in [1.29, 1.82) is 0 Å². The number of anilines is 1. The van der Waals surface area contributed by atoms with Gasteiger partial charge < -0.3 is 19.3 Å². The van der Waals surface area contributed by atoms with Gasteiger partial charge in [0.05, 0.1) is 37.2 Å². The molecule has 328 valence electrons. The monoisotopic (exact) mass is 873 g/mol. The highest BCUT2D eigenvalue weighted by Gasteiger charge is 2.66. The van der Waals surface area contributed by atoms with Crippen LogP contribution < -0.4 is 19.1 Å². The number of hydrogen-bond donors (Lipinski definition) is 1. The molecule has 9 nitrogen and oxygen atoms in total. The topological polar surface area (TPSA) is 119 Å². The number of hydrogen-bond acceptors (Lipinski definition) is 8. The van der Waals surface area contributed by atoms with Gasteiger partial charge >= 0.3 is 0 Å². The van der Waals surface area contributed by atoms with Gasteiger partial charge in [0.1, 0.15) is 29.6 Å². The average molecular weight is 874 g/mol. The SMILES string of the molecule is COc1ccc(OC)c(C=Cc2ccc(N3C(=O)C4CC=C5C(CC6C(=O)C(c7ccccc7)=CC(=O)C6(c6ccccc6)C5c5ccc(OCc6ccccc6)cc5O)C4C3=O)cc2)c1. The fourth-order valence-electron chi connectivity index (χ4n) is 11.0. The van der Waals surface area contributed by atoms with Crippen molar-refractivity contribution in [3.63, 3.8) is 0 Å². The van der Waals surface area contributed by atoms with Gasteiger partial charge in [0.25, 0.3) is 0 Å². The number of fused-ring (bicyclic) bond motifs is 4. The first-order valence-corrected chi connectivity index (χ1v) is 22.2. The van der Waals surface area contributed by atoms with Crippen molar-refractivity contribution in [2.45, 2.75) is 30.8 Å².